The summed E-state index contributed by atoms with van der Waals surface area (Å²) < 4.78 is 13.7. The van der Waals surface area contributed by atoms with Crippen LogP contribution in [0.3, 0.4) is 0 Å². The summed E-state index contributed by atoms with van der Waals surface area (Å²) in [5.74, 6) is 0. The van der Waals surface area contributed by atoms with Gasteiger partial charge in [-0.2, -0.15) is 0 Å². The first-order valence-corrected chi connectivity index (χ1v) is 11.5. The molecule has 0 radical (unpaired) electrons. The normalized spacial score (nSPS) is 14.8. The van der Waals surface area contributed by atoms with Crippen LogP contribution in [0.25, 0.3) is 27.5 Å². The molecule has 0 saturated carbocycles. The summed E-state index contributed by atoms with van der Waals surface area (Å²) in [6.45, 7) is 9.48. The molecule has 1 fully saturated rings. The molecule has 0 spiro atoms. The lowest BCUT2D eigenvalue weighted by molar-refractivity contribution is -0.149. The summed E-state index contributed by atoms with van der Waals surface area (Å²) in [5.41, 5.74) is 5.27. The zero-order valence-corrected chi connectivity index (χ0v) is 18.9. The van der Waals surface area contributed by atoms with E-state index in [9.17, 15) is 0 Å². The van der Waals surface area contributed by atoms with Gasteiger partial charge in [-0.05, 0) is 42.7 Å². The molecule has 0 bridgehead atoms. The van der Waals surface area contributed by atoms with E-state index in [0.717, 1.165) is 39.3 Å². The number of para-hydroxylation sites is 2. The Hall–Kier alpha value is -2.62. The predicted octanol–water partition coefficient (Wildman–Crippen LogP) is 6.80. The first-order valence-electron chi connectivity index (χ1n) is 11.5. The van der Waals surface area contributed by atoms with Crippen LogP contribution in [-0.4, -0.2) is 31.0 Å². The van der Waals surface area contributed by atoms with E-state index in [1.54, 1.807) is 0 Å². The van der Waals surface area contributed by atoms with E-state index in [1.807, 2.05) is 13.8 Å². The van der Waals surface area contributed by atoms with Gasteiger partial charge in [0.25, 0.3) is 0 Å². The zero-order valence-electron chi connectivity index (χ0n) is 18.9. The second kappa shape index (κ2) is 9.67. The van der Waals surface area contributed by atoms with Crippen molar-refractivity contribution in [1.29, 1.82) is 0 Å². The van der Waals surface area contributed by atoms with Crippen LogP contribution in [0.5, 0.6) is 0 Å². The highest BCUT2D eigenvalue weighted by Crippen LogP contribution is 2.32. The average Bonchev–Trinajstić information content (AvgIpc) is 3.14. The lowest BCUT2D eigenvalue weighted by Gasteiger charge is -2.40. The first kappa shape index (κ1) is 21.6. The van der Waals surface area contributed by atoms with Crippen molar-refractivity contribution in [2.45, 2.75) is 33.6 Å². The van der Waals surface area contributed by atoms with E-state index in [1.165, 1.54) is 33.1 Å². The molecule has 2 heterocycles. The van der Waals surface area contributed by atoms with Crippen LogP contribution in [0, 0.1) is 5.41 Å². The largest absolute Gasteiger partial charge is 0.380 e. The SMILES string of the molecule is CC.CCC1(COCCc2ccc(-n3c4ccccc4c4ccccc43)cc2)COC1. The van der Waals surface area contributed by atoms with Gasteiger partial charge in [0.05, 0.1) is 37.5 Å². The van der Waals surface area contributed by atoms with Crippen molar-refractivity contribution in [2.24, 2.45) is 5.41 Å². The Kier molecular flexibility index (Phi) is 6.74. The van der Waals surface area contributed by atoms with Crippen LogP contribution < -0.4 is 0 Å². The van der Waals surface area contributed by atoms with Crippen molar-refractivity contribution in [3.8, 4) is 5.69 Å². The molecule has 5 rings (SSSR count). The third-order valence-electron chi connectivity index (χ3n) is 6.28. The van der Waals surface area contributed by atoms with E-state index in [-0.39, 0.29) is 5.41 Å². The van der Waals surface area contributed by atoms with Crippen molar-refractivity contribution in [3.05, 3.63) is 78.4 Å². The van der Waals surface area contributed by atoms with Crippen LogP contribution in [0.1, 0.15) is 32.8 Å². The molecule has 4 aromatic rings. The molecule has 3 nitrogen and oxygen atoms in total. The standard InChI is InChI=1S/C26H27NO2.C2H6/c1-2-26(18-29-19-26)17-28-16-15-20-11-13-21(14-12-20)27-24-9-5-3-7-22(24)23-8-4-6-10-25(23)27;1-2/h3-14H,2,15-19H2,1H3;1-2H3. The lowest BCUT2D eigenvalue weighted by Crippen LogP contribution is -2.45. The van der Waals surface area contributed by atoms with Crippen molar-refractivity contribution in [3.63, 3.8) is 0 Å². The van der Waals surface area contributed by atoms with Crippen LogP contribution >= 0.6 is 0 Å². The highest BCUT2D eigenvalue weighted by Gasteiger charge is 2.36. The molecular formula is C28H33NO2. The first-order chi connectivity index (χ1) is 15.3. The Bertz CT molecular complexity index is 1060. The van der Waals surface area contributed by atoms with Crippen LogP contribution in [0.4, 0.5) is 0 Å². The summed E-state index contributed by atoms with van der Waals surface area (Å²) in [7, 11) is 0. The van der Waals surface area contributed by atoms with Gasteiger partial charge in [-0.25, -0.2) is 0 Å². The van der Waals surface area contributed by atoms with E-state index in [0.29, 0.717) is 0 Å². The Morgan fingerprint density at radius 3 is 1.94 bits per heavy atom. The van der Waals surface area contributed by atoms with Gasteiger partial charge in [0.2, 0.25) is 0 Å². The third kappa shape index (κ3) is 4.26. The minimum atomic E-state index is 0.264. The maximum atomic E-state index is 5.97. The van der Waals surface area contributed by atoms with Gasteiger partial charge in [0, 0.05) is 21.9 Å². The molecule has 0 N–H and O–H groups in total. The maximum absolute atomic E-state index is 5.97. The fourth-order valence-electron chi connectivity index (χ4n) is 4.27. The van der Waals surface area contributed by atoms with E-state index < -0.39 is 0 Å². The minimum Gasteiger partial charge on any atom is -0.380 e. The van der Waals surface area contributed by atoms with Gasteiger partial charge in [-0.15, -0.1) is 0 Å². The van der Waals surface area contributed by atoms with Gasteiger partial charge in [0.1, 0.15) is 0 Å². The molecule has 3 aromatic carbocycles. The fraction of sp³-hybridized carbons (Fsp3) is 0.357. The van der Waals surface area contributed by atoms with Crippen LogP contribution in [0.15, 0.2) is 72.8 Å². The van der Waals surface area contributed by atoms with E-state index in [4.69, 9.17) is 9.47 Å². The summed E-state index contributed by atoms with van der Waals surface area (Å²) in [6, 6.07) is 26.2. The van der Waals surface area contributed by atoms with E-state index in [2.05, 4.69) is 84.3 Å². The second-order valence-corrected chi connectivity index (χ2v) is 8.19. The highest BCUT2D eigenvalue weighted by molar-refractivity contribution is 6.09. The average molecular weight is 416 g/mol. The summed E-state index contributed by atoms with van der Waals surface area (Å²) in [4.78, 5) is 0. The summed E-state index contributed by atoms with van der Waals surface area (Å²) in [5, 5.41) is 2.59. The molecule has 31 heavy (non-hydrogen) atoms. The molecule has 0 aliphatic carbocycles. The van der Waals surface area contributed by atoms with Crippen molar-refractivity contribution >= 4 is 21.8 Å². The van der Waals surface area contributed by atoms with Gasteiger partial charge in [-0.3, -0.25) is 0 Å². The van der Waals surface area contributed by atoms with Crippen LogP contribution in [-0.2, 0) is 15.9 Å². The molecule has 0 unspecified atom stereocenters. The number of ether oxygens (including phenoxy) is 2. The minimum absolute atomic E-state index is 0.264. The molecule has 0 amide bonds. The molecule has 1 saturated heterocycles. The number of hydrogen-bond donors (Lipinski definition) is 0. The Morgan fingerprint density at radius 2 is 1.42 bits per heavy atom. The monoisotopic (exact) mass is 415 g/mol. The Morgan fingerprint density at radius 1 is 0.839 bits per heavy atom. The van der Waals surface area contributed by atoms with Crippen molar-refractivity contribution in [2.75, 3.05) is 26.4 Å². The van der Waals surface area contributed by atoms with Crippen LogP contribution in [0.2, 0.25) is 0 Å². The second-order valence-electron chi connectivity index (χ2n) is 8.19. The molecule has 162 valence electrons. The third-order valence-corrected chi connectivity index (χ3v) is 6.28. The van der Waals surface area contributed by atoms with Gasteiger partial charge >= 0.3 is 0 Å². The predicted molar refractivity (Wildman–Crippen MR) is 130 cm³/mol. The van der Waals surface area contributed by atoms with Gasteiger partial charge in [0.15, 0.2) is 0 Å². The fourth-order valence-corrected chi connectivity index (χ4v) is 4.27. The van der Waals surface area contributed by atoms with Crippen molar-refractivity contribution < 1.29 is 9.47 Å². The smallest absolute Gasteiger partial charge is 0.0566 e. The number of nitrogens with zero attached hydrogens (tertiary/aromatic N) is 1. The zero-order chi connectivity index (χ0) is 21.7. The molecule has 1 aliphatic heterocycles. The van der Waals surface area contributed by atoms with E-state index >= 15 is 0 Å². The summed E-state index contributed by atoms with van der Waals surface area (Å²) >= 11 is 0. The topological polar surface area (TPSA) is 23.4 Å². The molecule has 0 atom stereocenters. The number of aromatic nitrogens is 1. The highest BCUT2D eigenvalue weighted by atomic mass is 16.5. The quantitative estimate of drug-likeness (QED) is 0.310. The Labute approximate surface area is 185 Å². The molecule has 3 heteroatoms. The number of fused-ring (bicyclic) bond motifs is 3. The maximum Gasteiger partial charge on any atom is 0.0566 e. The summed E-state index contributed by atoms with van der Waals surface area (Å²) in [6.07, 6.45) is 2.06. The Balaban J connectivity index is 0.00000112. The van der Waals surface area contributed by atoms with Crippen molar-refractivity contribution in [1.82, 2.24) is 4.57 Å². The number of rotatable bonds is 7. The molecular weight excluding hydrogens is 382 g/mol. The lowest BCUT2D eigenvalue weighted by atomic mass is 9.84. The van der Waals surface area contributed by atoms with Gasteiger partial charge < -0.3 is 14.0 Å². The number of benzene rings is 3. The van der Waals surface area contributed by atoms with Gasteiger partial charge in [-0.1, -0.05) is 69.3 Å². The molecule has 1 aliphatic rings. The molecule has 1 aromatic heterocycles. The number of hydrogen-bond acceptors (Lipinski definition) is 2.